The first kappa shape index (κ1) is 15.3. The van der Waals surface area contributed by atoms with E-state index in [9.17, 15) is 9.90 Å². The molecule has 5 heteroatoms. The quantitative estimate of drug-likeness (QED) is 0.835. The summed E-state index contributed by atoms with van der Waals surface area (Å²) in [6.07, 6.45) is 1.50. The molecule has 1 amide bonds. The van der Waals surface area contributed by atoms with Gasteiger partial charge in [-0.2, -0.15) is 0 Å². The highest BCUT2D eigenvalue weighted by atomic mass is 79.9. The van der Waals surface area contributed by atoms with E-state index in [0.29, 0.717) is 11.7 Å². The van der Waals surface area contributed by atoms with Gasteiger partial charge < -0.3 is 15.2 Å². The molecular weight excluding hydrogens is 322 g/mol. The van der Waals surface area contributed by atoms with Gasteiger partial charge in [0.25, 0.3) is 5.91 Å². The topological polar surface area (TPSA) is 58.6 Å². The van der Waals surface area contributed by atoms with E-state index in [1.165, 1.54) is 0 Å². The smallest absolute Gasteiger partial charge is 0.261 e. The molecule has 0 radical (unpaired) electrons. The van der Waals surface area contributed by atoms with E-state index < -0.39 is 11.6 Å². The molecule has 1 aromatic rings. The Kier molecular flexibility index (Phi) is 4.70. The molecule has 1 aliphatic carbocycles. The largest absolute Gasteiger partial charge is 0.481 e. The Bertz CT molecular complexity index is 490. The predicted molar refractivity (Wildman–Crippen MR) is 80.6 cm³/mol. The van der Waals surface area contributed by atoms with Crippen LogP contribution in [0.3, 0.4) is 0 Å². The highest BCUT2D eigenvalue weighted by Crippen LogP contribution is 2.39. The Morgan fingerprint density at radius 1 is 1.60 bits per heavy atom. The van der Waals surface area contributed by atoms with Gasteiger partial charge >= 0.3 is 0 Å². The van der Waals surface area contributed by atoms with Gasteiger partial charge in [0.15, 0.2) is 6.10 Å². The molecule has 1 aliphatic rings. The Morgan fingerprint density at radius 2 is 2.30 bits per heavy atom. The molecule has 0 spiro atoms. The standard InChI is InChI=1S/C15H20BrNO3/c1-10(20-13-5-3-4-12(16)8-13)14(19)17-15(2,9-18)11-6-7-11/h3-5,8,10-11,18H,6-7,9H2,1-2H3,(H,17,19). The second-order valence-corrected chi connectivity index (χ2v) is 6.47. The first-order valence-corrected chi connectivity index (χ1v) is 7.59. The summed E-state index contributed by atoms with van der Waals surface area (Å²) in [4.78, 5) is 12.2. The maximum absolute atomic E-state index is 12.2. The van der Waals surface area contributed by atoms with Crippen LogP contribution in [-0.2, 0) is 4.79 Å². The number of rotatable bonds is 6. The lowest BCUT2D eigenvalue weighted by Crippen LogP contribution is -2.54. The van der Waals surface area contributed by atoms with Crippen molar-refractivity contribution in [1.82, 2.24) is 5.32 Å². The average Bonchev–Trinajstić information content (AvgIpc) is 3.23. The van der Waals surface area contributed by atoms with Crippen molar-refractivity contribution in [2.24, 2.45) is 5.92 Å². The number of ether oxygens (including phenoxy) is 1. The number of carbonyl (C=O) groups is 1. The third-order valence-electron chi connectivity index (χ3n) is 3.69. The van der Waals surface area contributed by atoms with Crippen LogP contribution in [-0.4, -0.2) is 29.3 Å². The van der Waals surface area contributed by atoms with Crippen molar-refractivity contribution < 1.29 is 14.6 Å². The van der Waals surface area contributed by atoms with Crippen molar-refractivity contribution in [3.05, 3.63) is 28.7 Å². The summed E-state index contributed by atoms with van der Waals surface area (Å²) in [7, 11) is 0. The molecule has 0 aromatic heterocycles. The summed E-state index contributed by atoms with van der Waals surface area (Å²) in [5.41, 5.74) is -0.536. The fourth-order valence-electron chi connectivity index (χ4n) is 2.17. The molecule has 1 saturated carbocycles. The lowest BCUT2D eigenvalue weighted by Gasteiger charge is -2.30. The Balaban J connectivity index is 1.95. The zero-order chi connectivity index (χ0) is 14.8. The van der Waals surface area contributed by atoms with E-state index in [1.54, 1.807) is 13.0 Å². The van der Waals surface area contributed by atoms with Crippen LogP contribution >= 0.6 is 15.9 Å². The van der Waals surface area contributed by atoms with Gasteiger partial charge in [0.05, 0.1) is 12.1 Å². The Hall–Kier alpha value is -1.07. The molecule has 4 nitrogen and oxygen atoms in total. The summed E-state index contributed by atoms with van der Waals surface area (Å²) in [5.74, 6) is 0.807. The second kappa shape index (κ2) is 6.14. The van der Waals surface area contributed by atoms with Crippen molar-refractivity contribution >= 4 is 21.8 Å². The van der Waals surface area contributed by atoms with Crippen molar-refractivity contribution in [3.8, 4) is 5.75 Å². The lowest BCUT2D eigenvalue weighted by molar-refractivity contribution is -0.130. The minimum Gasteiger partial charge on any atom is -0.481 e. The normalized spacial score (nSPS) is 19.0. The number of nitrogens with one attached hydrogen (secondary N) is 1. The van der Waals surface area contributed by atoms with Crippen molar-refractivity contribution in [2.45, 2.75) is 38.3 Å². The molecule has 2 rings (SSSR count). The minimum atomic E-state index is -0.603. The molecule has 1 fully saturated rings. The highest BCUT2D eigenvalue weighted by molar-refractivity contribution is 9.10. The van der Waals surface area contributed by atoms with Gasteiger partial charge in [0.2, 0.25) is 0 Å². The molecule has 20 heavy (non-hydrogen) atoms. The van der Waals surface area contributed by atoms with Gasteiger partial charge in [0.1, 0.15) is 5.75 Å². The van der Waals surface area contributed by atoms with Crippen molar-refractivity contribution in [3.63, 3.8) is 0 Å². The van der Waals surface area contributed by atoms with Crippen LogP contribution in [0, 0.1) is 5.92 Å². The molecule has 0 aliphatic heterocycles. The average molecular weight is 342 g/mol. The van der Waals surface area contributed by atoms with Crippen LogP contribution in [0.1, 0.15) is 26.7 Å². The van der Waals surface area contributed by atoms with Gasteiger partial charge in [-0.15, -0.1) is 0 Å². The Labute approximate surface area is 127 Å². The number of amides is 1. The predicted octanol–water partition coefficient (Wildman–Crippen LogP) is 2.49. The van der Waals surface area contributed by atoms with Gasteiger partial charge in [0, 0.05) is 4.47 Å². The Morgan fingerprint density at radius 3 is 2.85 bits per heavy atom. The van der Waals surface area contributed by atoms with Crippen molar-refractivity contribution in [1.29, 1.82) is 0 Å². The molecule has 1 aromatic carbocycles. The van der Waals surface area contributed by atoms with E-state index in [2.05, 4.69) is 21.2 Å². The molecule has 2 atom stereocenters. The van der Waals surface area contributed by atoms with Crippen LogP contribution in [0.25, 0.3) is 0 Å². The van der Waals surface area contributed by atoms with Gasteiger partial charge in [-0.05, 0) is 50.8 Å². The number of aliphatic hydroxyl groups excluding tert-OH is 1. The van der Waals surface area contributed by atoms with E-state index in [-0.39, 0.29) is 12.5 Å². The third-order valence-corrected chi connectivity index (χ3v) is 4.19. The molecular formula is C15H20BrNO3. The lowest BCUT2D eigenvalue weighted by atomic mass is 9.96. The fraction of sp³-hybridized carbons (Fsp3) is 0.533. The van der Waals surface area contributed by atoms with Crippen LogP contribution in [0.4, 0.5) is 0 Å². The van der Waals surface area contributed by atoms with E-state index in [1.807, 2.05) is 25.1 Å². The first-order chi connectivity index (χ1) is 9.44. The van der Waals surface area contributed by atoms with Gasteiger partial charge in [-0.25, -0.2) is 0 Å². The number of hydrogen-bond donors (Lipinski definition) is 2. The molecule has 2 N–H and O–H groups in total. The van der Waals surface area contributed by atoms with Crippen LogP contribution in [0.5, 0.6) is 5.75 Å². The summed E-state index contributed by atoms with van der Waals surface area (Å²) in [6, 6.07) is 7.37. The number of carbonyl (C=O) groups excluding carboxylic acids is 1. The zero-order valence-corrected chi connectivity index (χ0v) is 13.3. The number of aliphatic hydroxyl groups is 1. The summed E-state index contributed by atoms with van der Waals surface area (Å²) >= 11 is 3.36. The number of benzene rings is 1. The third kappa shape index (κ3) is 3.73. The minimum absolute atomic E-state index is 0.0486. The van der Waals surface area contributed by atoms with E-state index >= 15 is 0 Å². The maximum atomic E-state index is 12.2. The summed E-state index contributed by atoms with van der Waals surface area (Å²) in [5, 5.41) is 12.4. The first-order valence-electron chi connectivity index (χ1n) is 6.80. The summed E-state index contributed by atoms with van der Waals surface area (Å²) < 4.78 is 6.53. The number of halogens is 1. The zero-order valence-electron chi connectivity index (χ0n) is 11.7. The molecule has 0 bridgehead atoms. The highest BCUT2D eigenvalue weighted by Gasteiger charge is 2.42. The molecule has 0 heterocycles. The van der Waals surface area contributed by atoms with E-state index in [4.69, 9.17) is 4.74 Å². The van der Waals surface area contributed by atoms with Crippen LogP contribution < -0.4 is 10.1 Å². The van der Waals surface area contributed by atoms with Gasteiger partial charge in [-0.3, -0.25) is 4.79 Å². The summed E-state index contributed by atoms with van der Waals surface area (Å²) in [6.45, 7) is 3.54. The van der Waals surface area contributed by atoms with Crippen molar-refractivity contribution in [2.75, 3.05) is 6.61 Å². The fourth-order valence-corrected chi connectivity index (χ4v) is 2.55. The molecule has 2 unspecified atom stereocenters. The molecule has 110 valence electrons. The van der Waals surface area contributed by atoms with Crippen LogP contribution in [0.15, 0.2) is 28.7 Å². The SMILES string of the molecule is CC(Oc1cccc(Br)c1)C(=O)NC(C)(CO)C1CC1. The second-order valence-electron chi connectivity index (χ2n) is 5.56. The number of hydrogen-bond acceptors (Lipinski definition) is 3. The van der Waals surface area contributed by atoms with Gasteiger partial charge in [-0.1, -0.05) is 22.0 Å². The molecule has 0 saturated heterocycles. The maximum Gasteiger partial charge on any atom is 0.261 e. The monoisotopic (exact) mass is 341 g/mol. The van der Waals surface area contributed by atoms with E-state index in [0.717, 1.165) is 17.3 Å². The van der Waals surface area contributed by atoms with Crippen LogP contribution in [0.2, 0.25) is 0 Å².